The number of halogens is 1. The van der Waals surface area contributed by atoms with Gasteiger partial charge in [0.25, 0.3) is 0 Å². The number of esters is 3. The van der Waals surface area contributed by atoms with Gasteiger partial charge in [0.2, 0.25) is 0 Å². The van der Waals surface area contributed by atoms with Crippen LogP contribution in [0.15, 0.2) is 79.4 Å². The van der Waals surface area contributed by atoms with Crippen LogP contribution in [0.5, 0.6) is 17.2 Å². The Hall–Kier alpha value is -4.10. The van der Waals surface area contributed by atoms with Crippen molar-refractivity contribution in [2.24, 2.45) is 0 Å². The average molecular weight is 509 g/mol. The highest BCUT2D eigenvalue weighted by Crippen LogP contribution is 2.25. The SMILES string of the molecule is C=CC(=O)OCCCCOc1ccc(C(=O)Oc2ccc(C(=O)Oc3ccc(C)cc3)c(Cl)c2)cc1. The molecule has 0 atom stereocenters. The zero-order valence-corrected chi connectivity index (χ0v) is 20.5. The first-order valence-electron chi connectivity index (χ1n) is 11.2. The molecule has 0 aliphatic carbocycles. The molecule has 186 valence electrons. The molecule has 0 heterocycles. The summed E-state index contributed by atoms with van der Waals surface area (Å²) in [6, 6.07) is 17.8. The number of aryl methyl sites for hydroxylation is 1. The molecule has 0 amide bonds. The van der Waals surface area contributed by atoms with Crippen molar-refractivity contribution >= 4 is 29.5 Å². The number of rotatable bonds is 11. The maximum absolute atomic E-state index is 12.5. The third-order valence-corrected chi connectivity index (χ3v) is 5.22. The van der Waals surface area contributed by atoms with Gasteiger partial charge in [-0.1, -0.05) is 35.9 Å². The van der Waals surface area contributed by atoms with Gasteiger partial charge in [-0.25, -0.2) is 14.4 Å². The predicted molar refractivity (Wildman–Crippen MR) is 135 cm³/mol. The van der Waals surface area contributed by atoms with Crippen molar-refractivity contribution in [1.82, 2.24) is 0 Å². The zero-order valence-electron chi connectivity index (χ0n) is 19.7. The van der Waals surface area contributed by atoms with Crippen LogP contribution in [0.4, 0.5) is 0 Å². The first-order valence-corrected chi connectivity index (χ1v) is 11.6. The van der Waals surface area contributed by atoms with Gasteiger partial charge in [0.1, 0.15) is 17.2 Å². The van der Waals surface area contributed by atoms with Gasteiger partial charge >= 0.3 is 17.9 Å². The smallest absolute Gasteiger partial charge is 0.345 e. The van der Waals surface area contributed by atoms with Gasteiger partial charge in [-0.2, -0.15) is 0 Å². The molecular formula is C28H25ClO7. The van der Waals surface area contributed by atoms with Crippen LogP contribution in [0.1, 0.15) is 39.1 Å². The summed E-state index contributed by atoms with van der Waals surface area (Å²) >= 11 is 6.23. The minimum absolute atomic E-state index is 0.0976. The van der Waals surface area contributed by atoms with Crippen molar-refractivity contribution < 1.29 is 33.3 Å². The van der Waals surface area contributed by atoms with Crippen molar-refractivity contribution in [2.75, 3.05) is 13.2 Å². The van der Waals surface area contributed by atoms with E-state index in [4.69, 9.17) is 30.5 Å². The second-order valence-electron chi connectivity index (χ2n) is 7.69. The summed E-state index contributed by atoms with van der Waals surface area (Å²) in [4.78, 5) is 35.9. The van der Waals surface area contributed by atoms with Crippen LogP contribution >= 0.6 is 11.6 Å². The van der Waals surface area contributed by atoms with Crippen molar-refractivity contribution in [2.45, 2.75) is 19.8 Å². The second-order valence-corrected chi connectivity index (χ2v) is 8.09. The van der Waals surface area contributed by atoms with E-state index in [1.54, 1.807) is 36.4 Å². The fourth-order valence-corrected chi connectivity index (χ4v) is 3.22. The summed E-state index contributed by atoms with van der Waals surface area (Å²) in [6.45, 7) is 6.00. The van der Waals surface area contributed by atoms with Gasteiger partial charge in [-0.15, -0.1) is 0 Å². The van der Waals surface area contributed by atoms with Crippen LogP contribution < -0.4 is 14.2 Å². The minimum atomic E-state index is -0.616. The van der Waals surface area contributed by atoms with Crippen molar-refractivity contribution in [1.29, 1.82) is 0 Å². The molecule has 0 aromatic heterocycles. The summed E-state index contributed by atoms with van der Waals surface area (Å²) in [7, 11) is 0. The van der Waals surface area contributed by atoms with Crippen LogP contribution in [0, 0.1) is 6.92 Å². The number of hydrogen-bond acceptors (Lipinski definition) is 7. The molecule has 0 aliphatic heterocycles. The van der Waals surface area contributed by atoms with E-state index in [1.807, 2.05) is 19.1 Å². The molecule has 0 saturated heterocycles. The van der Waals surface area contributed by atoms with Crippen molar-refractivity contribution in [3.63, 3.8) is 0 Å². The lowest BCUT2D eigenvalue weighted by molar-refractivity contribution is -0.137. The maximum atomic E-state index is 12.5. The Balaban J connectivity index is 1.49. The Morgan fingerprint density at radius 1 is 0.806 bits per heavy atom. The molecule has 0 bridgehead atoms. The molecule has 0 fully saturated rings. The number of hydrogen-bond donors (Lipinski definition) is 0. The summed E-state index contributed by atoms with van der Waals surface area (Å²) in [5.74, 6) is -0.467. The predicted octanol–water partition coefficient (Wildman–Crippen LogP) is 5.98. The fourth-order valence-electron chi connectivity index (χ4n) is 2.97. The molecule has 0 spiro atoms. The number of carbonyl (C=O) groups excluding carboxylic acids is 3. The van der Waals surface area contributed by atoms with Gasteiger partial charge < -0.3 is 18.9 Å². The Kier molecular flexibility index (Phi) is 9.65. The third-order valence-electron chi connectivity index (χ3n) is 4.91. The topological polar surface area (TPSA) is 88.1 Å². The Morgan fingerprint density at radius 3 is 2.08 bits per heavy atom. The van der Waals surface area contributed by atoms with Crippen molar-refractivity contribution in [3.05, 3.63) is 101 Å². The fraction of sp³-hybridized carbons (Fsp3) is 0.179. The zero-order chi connectivity index (χ0) is 25.9. The maximum Gasteiger partial charge on any atom is 0.345 e. The quantitative estimate of drug-likeness (QED) is 0.136. The molecule has 8 heteroatoms. The van der Waals surface area contributed by atoms with Crippen LogP contribution in [-0.4, -0.2) is 31.1 Å². The van der Waals surface area contributed by atoms with Crippen LogP contribution in [-0.2, 0) is 9.53 Å². The molecular weight excluding hydrogens is 484 g/mol. The largest absolute Gasteiger partial charge is 0.494 e. The average Bonchev–Trinajstić information content (AvgIpc) is 2.87. The lowest BCUT2D eigenvalue weighted by Crippen LogP contribution is -2.11. The van der Waals surface area contributed by atoms with Crippen LogP contribution in [0.25, 0.3) is 0 Å². The standard InChI is InChI=1S/C28H25ClO7/c1-3-26(30)34-17-5-4-16-33-21-12-8-20(9-13-21)27(31)36-23-14-15-24(25(29)18-23)28(32)35-22-10-6-19(2)7-11-22/h3,6-15,18H,1,4-5,16-17H2,2H3. The van der Waals surface area contributed by atoms with Gasteiger partial charge in [-0.05, 0) is 68.3 Å². The highest BCUT2D eigenvalue weighted by molar-refractivity contribution is 6.33. The summed E-state index contributed by atoms with van der Waals surface area (Å²) in [5.41, 5.74) is 1.51. The van der Waals surface area contributed by atoms with Gasteiger partial charge in [0.05, 0.1) is 29.4 Å². The minimum Gasteiger partial charge on any atom is -0.494 e. The lowest BCUT2D eigenvalue weighted by Gasteiger charge is -2.09. The monoisotopic (exact) mass is 508 g/mol. The van der Waals surface area contributed by atoms with Crippen LogP contribution in [0.3, 0.4) is 0 Å². The van der Waals surface area contributed by atoms with Crippen LogP contribution in [0.2, 0.25) is 5.02 Å². The molecule has 7 nitrogen and oxygen atoms in total. The van der Waals surface area contributed by atoms with Gasteiger partial charge in [-0.3, -0.25) is 0 Å². The Morgan fingerprint density at radius 2 is 1.42 bits per heavy atom. The second kappa shape index (κ2) is 13.1. The van der Waals surface area contributed by atoms with E-state index in [0.29, 0.717) is 43.1 Å². The molecule has 0 N–H and O–H groups in total. The highest BCUT2D eigenvalue weighted by Gasteiger charge is 2.16. The van der Waals surface area contributed by atoms with E-state index in [0.717, 1.165) is 11.6 Å². The molecule has 0 radical (unpaired) electrons. The summed E-state index contributed by atoms with van der Waals surface area (Å²) in [5, 5.41) is 0.0976. The van der Waals surface area contributed by atoms with E-state index in [-0.39, 0.29) is 16.3 Å². The molecule has 3 rings (SSSR count). The normalized spacial score (nSPS) is 10.3. The van der Waals surface area contributed by atoms with E-state index in [2.05, 4.69) is 6.58 Å². The number of benzene rings is 3. The first-order chi connectivity index (χ1) is 17.4. The number of ether oxygens (including phenoxy) is 4. The number of unbranched alkanes of at least 4 members (excludes halogenated alkanes) is 1. The van der Waals surface area contributed by atoms with E-state index < -0.39 is 17.9 Å². The molecule has 0 unspecified atom stereocenters. The van der Waals surface area contributed by atoms with E-state index in [9.17, 15) is 14.4 Å². The molecule has 0 aliphatic rings. The van der Waals surface area contributed by atoms with Gasteiger partial charge in [0, 0.05) is 12.1 Å². The van der Waals surface area contributed by atoms with Crippen molar-refractivity contribution in [3.8, 4) is 17.2 Å². The first kappa shape index (κ1) is 26.5. The number of carbonyl (C=O) groups is 3. The Bertz CT molecular complexity index is 1220. The molecule has 0 saturated carbocycles. The lowest BCUT2D eigenvalue weighted by atomic mass is 10.2. The molecule has 36 heavy (non-hydrogen) atoms. The third kappa shape index (κ3) is 7.99. The van der Waals surface area contributed by atoms with E-state index in [1.165, 1.54) is 18.2 Å². The van der Waals surface area contributed by atoms with Gasteiger partial charge in [0.15, 0.2) is 0 Å². The molecule has 3 aromatic rings. The highest BCUT2D eigenvalue weighted by atomic mass is 35.5. The van der Waals surface area contributed by atoms with E-state index >= 15 is 0 Å². The molecule has 3 aromatic carbocycles. The Labute approximate surface area is 214 Å². The summed E-state index contributed by atoms with van der Waals surface area (Å²) in [6.07, 6.45) is 2.48. The summed E-state index contributed by atoms with van der Waals surface area (Å²) < 4.78 is 21.2.